The molecule has 0 bridgehead atoms. The molecule has 3 aromatic rings. The Morgan fingerprint density at radius 3 is 2.21 bits per heavy atom. The lowest BCUT2D eigenvalue weighted by atomic mass is 9.86. The SMILES string of the molecule is COC(=O)C[C@@H]1[C@H]([C@@H](C)O[Si](c2ccccc2)c2ccccc2C(C)(C)C)OC(=O)[C@]1(C)Sc1ccccc1. The summed E-state index contributed by atoms with van der Waals surface area (Å²) in [6.45, 7) is 10.4. The number of methoxy groups -OCH3 is 1. The minimum Gasteiger partial charge on any atom is -0.469 e. The fourth-order valence-electron chi connectivity index (χ4n) is 5.10. The molecule has 0 unspecified atom stereocenters. The smallest absolute Gasteiger partial charge is 0.323 e. The molecule has 1 heterocycles. The maximum atomic E-state index is 13.5. The van der Waals surface area contributed by atoms with Gasteiger partial charge in [-0.05, 0) is 47.3 Å². The number of hydrogen-bond acceptors (Lipinski definition) is 6. The van der Waals surface area contributed by atoms with Gasteiger partial charge in [0.15, 0.2) is 0 Å². The van der Waals surface area contributed by atoms with E-state index in [1.165, 1.54) is 29.6 Å². The molecule has 0 amide bonds. The molecule has 1 aliphatic rings. The Kier molecular flexibility index (Phi) is 9.04. The summed E-state index contributed by atoms with van der Waals surface area (Å²) in [5.74, 6) is -1.15. The molecule has 0 N–H and O–H groups in total. The first-order valence-electron chi connectivity index (χ1n) is 13.3. The molecule has 1 fully saturated rings. The minimum atomic E-state index is -1.73. The predicted molar refractivity (Wildman–Crippen MR) is 158 cm³/mol. The van der Waals surface area contributed by atoms with E-state index in [1.54, 1.807) is 0 Å². The topological polar surface area (TPSA) is 61.8 Å². The first-order chi connectivity index (χ1) is 18.5. The van der Waals surface area contributed by atoms with E-state index < -0.39 is 31.9 Å². The van der Waals surface area contributed by atoms with Gasteiger partial charge < -0.3 is 13.9 Å². The predicted octanol–water partition coefficient (Wildman–Crippen LogP) is 5.15. The maximum Gasteiger partial charge on any atom is 0.323 e. The lowest BCUT2D eigenvalue weighted by Crippen LogP contribution is -2.52. The molecule has 7 heteroatoms. The summed E-state index contributed by atoms with van der Waals surface area (Å²) >= 11 is 1.43. The highest BCUT2D eigenvalue weighted by atomic mass is 32.2. The van der Waals surface area contributed by atoms with Crippen LogP contribution in [-0.2, 0) is 28.9 Å². The van der Waals surface area contributed by atoms with Crippen LogP contribution in [0, 0.1) is 5.92 Å². The van der Waals surface area contributed by atoms with Gasteiger partial charge >= 0.3 is 11.9 Å². The second kappa shape index (κ2) is 12.1. The van der Waals surface area contributed by atoms with E-state index in [9.17, 15) is 9.59 Å². The first-order valence-corrected chi connectivity index (χ1v) is 15.5. The van der Waals surface area contributed by atoms with Crippen LogP contribution in [-0.4, -0.2) is 45.0 Å². The molecule has 1 aliphatic heterocycles. The second-order valence-electron chi connectivity index (χ2n) is 11.1. The highest BCUT2D eigenvalue weighted by Gasteiger charge is 2.57. The van der Waals surface area contributed by atoms with Crippen LogP contribution in [0.2, 0.25) is 0 Å². The van der Waals surface area contributed by atoms with Gasteiger partial charge in [0, 0.05) is 10.8 Å². The van der Waals surface area contributed by atoms with E-state index in [4.69, 9.17) is 13.9 Å². The van der Waals surface area contributed by atoms with E-state index >= 15 is 0 Å². The molecule has 1 saturated heterocycles. The zero-order valence-corrected chi connectivity index (χ0v) is 25.3. The van der Waals surface area contributed by atoms with Gasteiger partial charge in [-0.1, -0.05) is 93.6 Å². The molecule has 39 heavy (non-hydrogen) atoms. The Balaban J connectivity index is 1.71. The first kappa shape index (κ1) is 29.1. The average molecular weight is 562 g/mol. The van der Waals surface area contributed by atoms with E-state index in [-0.39, 0.29) is 23.8 Å². The molecule has 4 rings (SSSR count). The van der Waals surface area contributed by atoms with E-state index in [0.717, 1.165) is 10.1 Å². The summed E-state index contributed by atoms with van der Waals surface area (Å²) < 4.78 is 17.1. The van der Waals surface area contributed by atoms with E-state index in [0.29, 0.717) is 0 Å². The third-order valence-corrected chi connectivity index (χ3v) is 11.0. The number of rotatable bonds is 9. The molecular weight excluding hydrogens is 525 g/mol. The summed E-state index contributed by atoms with van der Waals surface area (Å²) in [5.41, 5.74) is 1.15. The molecule has 1 radical (unpaired) electrons. The van der Waals surface area contributed by atoms with Crippen molar-refractivity contribution in [2.45, 2.75) is 68.3 Å². The standard InChI is InChI=1S/C32H37O5SSi/c1-22(37-39(24-17-11-8-12-18-24)27-20-14-13-19-25(27)31(2,3)4)29-26(21-28(33)35-6)32(5,30(34)36-29)38-23-15-9-7-10-16-23/h7-20,22,26,29H,21H2,1-6H3/t22-,26-,29+,32-/m1/s1. The lowest BCUT2D eigenvalue weighted by Gasteiger charge is -2.33. The van der Waals surface area contributed by atoms with Crippen molar-refractivity contribution in [2.24, 2.45) is 5.92 Å². The molecule has 5 nitrogen and oxygen atoms in total. The van der Waals surface area contributed by atoms with Crippen molar-refractivity contribution in [3.63, 3.8) is 0 Å². The Labute approximate surface area is 238 Å². The molecule has 3 aromatic carbocycles. The second-order valence-corrected chi connectivity index (χ2v) is 14.6. The van der Waals surface area contributed by atoms with Crippen LogP contribution in [0.3, 0.4) is 0 Å². The molecule has 0 aliphatic carbocycles. The molecular formula is C32H37O5SSi. The van der Waals surface area contributed by atoms with Gasteiger partial charge in [0.05, 0.1) is 19.6 Å². The van der Waals surface area contributed by atoms with Gasteiger partial charge in [-0.3, -0.25) is 9.59 Å². The third-order valence-electron chi connectivity index (χ3n) is 7.22. The van der Waals surface area contributed by atoms with Crippen LogP contribution < -0.4 is 10.4 Å². The van der Waals surface area contributed by atoms with Gasteiger partial charge in [-0.2, -0.15) is 0 Å². The fraction of sp³-hybridized carbons (Fsp3) is 0.375. The molecule has 205 valence electrons. The molecule has 4 atom stereocenters. The van der Waals surface area contributed by atoms with Crippen molar-refractivity contribution in [1.29, 1.82) is 0 Å². The van der Waals surface area contributed by atoms with Crippen LogP contribution in [0.4, 0.5) is 0 Å². The van der Waals surface area contributed by atoms with Crippen molar-refractivity contribution in [2.75, 3.05) is 7.11 Å². The Bertz CT molecular complexity index is 1280. The highest BCUT2D eigenvalue weighted by molar-refractivity contribution is 8.01. The van der Waals surface area contributed by atoms with Gasteiger partial charge in [0.2, 0.25) is 0 Å². The van der Waals surface area contributed by atoms with Crippen LogP contribution in [0.25, 0.3) is 0 Å². The number of carbonyl (C=O) groups is 2. The monoisotopic (exact) mass is 561 g/mol. The Hall–Kier alpha value is -2.87. The van der Waals surface area contributed by atoms with Crippen LogP contribution in [0.5, 0.6) is 0 Å². The lowest BCUT2D eigenvalue weighted by molar-refractivity contribution is -0.147. The van der Waals surface area contributed by atoms with Gasteiger partial charge in [-0.25, -0.2) is 0 Å². The summed E-state index contributed by atoms with van der Waals surface area (Å²) in [5, 5.41) is 2.28. The number of ether oxygens (including phenoxy) is 2. The fourth-order valence-corrected chi connectivity index (χ4v) is 8.91. The third kappa shape index (κ3) is 6.48. The quantitative estimate of drug-likeness (QED) is 0.266. The number of cyclic esters (lactones) is 1. The van der Waals surface area contributed by atoms with Crippen LogP contribution >= 0.6 is 11.8 Å². The number of hydrogen-bond donors (Lipinski definition) is 0. The summed E-state index contributed by atoms with van der Waals surface area (Å²) in [6.07, 6.45) is -1.00. The average Bonchev–Trinajstić information content (AvgIpc) is 3.16. The van der Waals surface area contributed by atoms with E-state index in [1.807, 2.05) is 62.4 Å². The van der Waals surface area contributed by atoms with Gasteiger partial charge in [0.25, 0.3) is 9.04 Å². The van der Waals surface area contributed by atoms with E-state index in [2.05, 4.69) is 57.2 Å². The number of carbonyl (C=O) groups excluding carboxylic acids is 2. The van der Waals surface area contributed by atoms with Gasteiger partial charge in [-0.15, -0.1) is 11.8 Å². The van der Waals surface area contributed by atoms with Crippen molar-refractivity contribution < 1.29 is 23.5 Å². The van der Waals surface area contributed by atoms with Crippen molar-refractivity contribution >= 4 is 43.1 Å². The maximum absolute atomic E-state index is 13.5. The van der Waals surface area contributed by atoms with Crippen molar-refractivity contribution in [3.8, 4) is 0 Å². The summed E-state index contributed by atoms with van der Waals surface area (Å²) in [4.78, 5) is 27.0. The van der Waals surface area contributed by atoms with Crippen LogP contribution in [0.1, 0.15) is 46.6 Å². The molecule has 0 aromatic heterocycles. The van der Waals surface area contributed by atoms with Crippen molar-refractivity contribution in [1.82, 2.24) is 0 Å². The number of benzene rings is 3. The summed E-state index contributed by atoms with van der Waals surface area (Å²) in [7, 11) is -0.359. The molecule has 0 spiro atoms. The summed E-state index contributed by atoms with van der Waals surface area (Å²) in [6, 6.07) is 28.4. The zero-order valence-electron chi connectivity index (χ0n) is 23.5. The van der Waals surface area contributed by atoms with Gasteiger partial charge in [0.1, 0.15) is 10.9 Å². The molecule has 0 saturated carbocycles. The minimum absolute atomic E-state index is 0.0585. The Morgan fingerprint density at radius 1 is 1.00 bits per heavy atom. The Morgan fingerprint density at radius 2 is 1.59 bits per heavy atom. The number of thioether (sulfide) groups is 1. The zero-order chi connectivity index (χ0) is 28.2. The van der Waals surface area contributed by atoms with Crippen LogP contribution in [0.15, 0.2) is 89.8 Å². The van der Waals surface area contributed by atoms with Crippen molar-refractivity contribution in [3.05, 3.63) is 90.5 Å². The largest absolute Gasteiger partial charge is 0.469 e. The number of esters is 2. The highest BCUT2D eigenvalue weighted by Crippen LogP contribution is 2.48. The normalized spacial score (nSPS) is 22.0.